The summed E-state index contributed by atoms with van der Waals surface area (Å²) in [4.78, 5) is 4.71. The van der Waals surface area contributed by atoms with Gasteiger partial charge >= 0.3 is 0 Å². The first-order valence-corrected chi connectivity index (χ1v) is 20.7. The van der Waals surface area contributed by atoms with Crippen molar-refractivity contribution in [1.29, 1.82) is 0 Å². The molecule has 0 bridgehead atoms. The number of para-hydroxylation sites is 5. The third-order valence-electron chi connectivity index (χ3n) is 11.7. The molecule has 0 aliphatic rings. The molecule has 0 saturated heterocycles. The fourth-order valence-electron chi connectivity index (χ4n) is 8.72. The van der Waals surface area contributed by atoms with E-state index in [1.165, 1.54) is 60.8 Å². The zero-order valence-electron chi connectivity index (χ0n) is 34.1. The van der Waals surface area contributed by atoms with Crippen LogP contribution in [0, 0.1) is 20.8 Å². The first kappa shape index (κ1) is 36.7. The topological polar surface area (TPSA) is 11.4 Å². The number of fused-ring (bicyclic) bond motifs is 3. The SMILES string of the molecule is Cc1ccc(N(c2ccccc2)c2ccc(C)c(-c3cc(-c4cc(N(c5ccccc5)c5ccccc5)ccc4C)c4c(c3)c3ccccc3n4-c3ccccc3)c2)cc1. The molecule has 0 aliphatic heterocycles. The van der Waals surface area contributed by atoms with Crippen LogP contribution in [0.4, 0.5) is 34.1 Å². The molecule has 60 heavy (non-hydrogen) atoms. The molecule has 9 aromatic carbocycles. The van der Waals surface area contributed by atoms with Gasteiger partial charge in [0.05, 0.1) is 11.0 Å². The van der Waals surface area contributed by atoms with Crippen molar-refractivity contribution in [2.24, 2.45) is 0 Å². The second kappa shape index (κ2) is 15.6. The molecule has 0 N–H and O–H groups in total. The lowest BCUT2D eigenvalue weighted by Gasteiger charge is -2.27. The summed E-state index contributed by atoms with van der Waals surface area (Å²) in [7, 11) is 0. The molecule has 0 fully saturated rings. The maximum Gasteiger partial charge on any atom is 0.0620 e. The smallest absolute Gasteiger partial charge is 0.0620 e. The summed E-state index contributed by atoms with van der Waals surface area (Å²) in [5.41, 5.74) is 18.6. The number of benzene rings is 9. The zero-order chi connectivity index (χ0) is 40.6. The van der Waals surface area contributed by atoms with Crippen molar-refractivity contribution in [2.45, 2.75) is 20.8 Å². The number of hydrogen-bond donors (Lipinski definition) is 0. The number of aryl methyl sites for hydroxylation is 3. The predicted molar refractivity (Wildman–Crippen MR) is 255 cm³/mol. The van der Waals surface area contributed by atoms with Gasteiger partial charge in [0.1, 0.15) is 0 Å². The summed E-state index contributed by atoms with van der Waals surface area (Å²) in [6, 6.07) is 79.2. The normalized spacial score (nSPS) is 11.2. The van der Waals surface area contributed by atoms with Crippen LogP contribution in [0.3, 0.4) is 0 Å². The van der Waals surface area contributed by atoms with Gasteiger partial charge in [0, 0.05) is 56.1 Å². The van der Waals surface area contributed by atoms with E-state index in [2.05, 4.69) is 254 Å². The number of anilines is 6. The van der Waals surface area contributed by atoms with Gasteiger partial charge in [-0.1, -0.05) is 121 Å². The number of rotatable bonds is 9. The monoisotopic (exact) mass is 771 g/mol. The van der Waals surface area contributed by atoms with E-state index < -0.39 is 0 Å². The fourth-order valence-corrected chi connectivity index (χ4v) is 8.72. The van der Waals surface area contributed by atoms with E-state index in [1.807, 2.05) is 0 Å². The second-order valence-corrected chi connectivity index (χ2v) is 15.6. The van der Waals surface area contributed by atoms with Crippen molar-refractivity contribution < 1.29 is 0 Å². The minimum Gasteiger partial charge on any atom is -0.310 e. The molecule has 0 aliphatic carbocycles. The third kappa shape index (κ3) is 6.70. The Labute approximate surface area is 352 Å². The largest absolute Gasteiger partial charge is 0.310 e. The molecule has 0 spiro atoms. The van der Waals surface area contributed by atoms with Crippen molar-refractivity contribution in [3.05, 3.63) is 235 Å². The van der Waals surface area contributed by atoms with Gasteiger partial charge in [-0.05, 0) is 152 Å². The summed E-state index contributed by atoms with van der Waals surface area (Å²) in [5.74, 6) is 0. The molecule has 0 amide bonds. The Hall–Kier alpha value is -7.62. The Morgan fingerprint density at radius 2 is 0.783 bits per heavy atom. The van der Waals surface area contributed by atoms with Crippen molar-refractivity contribution in [1.82, 2.24) is 4.57 Å². The molecule has 10 rings (SSSR count). The van der Waals surface area contributed by atoms with Gasteiger partial charge in [0.15, 0.2) is 0 Å². The van der Waals surface area contributed by atoms with Crippen molar-refractivity contribution in [3.8, 4) is 27.9 Å². The van der Waals surface area contributed by atoms with E-state index in [0.29, 0.717) is 0 Å². The number of aromatic nitrogens is 1. The minimum atomic E-state index is 1.10. The van der Waals surface area contributed by atoms with Crippen LogP contribution >= 0.6 is 0 Å². The average Bonchev–Trinajstić information content (AvgIpc) is 3.64. The average molecular weight is 772 g/mol. The molecule has 3 nitrogen and oxygen atoms in total. The summed E-state index contributed by atoms with van der Waals surface area (Å²) < 4.78 is 2.46. The van der Waals surface area contributed by atoms with Gasteiger partial charge in [-0.2, -0.15) is 0 Å². The highest BCUT2D eigenvalue weighted by Crippen LogP contribution is 2.46. The lowest BCUT2D eigenvalue weighted by atomic mass is 9.91. The van der Waals surface area contributed by atoms with Crippen LogP contribution in [0.5, 0.6) is 0 Å². The van der Waals surface area contributed by atoms with Crippen LogP contribution in [0.25, 0.3) is 49.7 Å². The highest BCUT2D eigenvalue weighted by molar-refractivity contribution is 6.15. The lowest BCUT2D eigenvalue weighted by Crippen LogP contribution is -2.10. The van der Waals surface area contributed by atoms with Gasteiger partial charge in [-0.25, -0.2) is 0 Å². The van der Waals surface area contributed by atoms with E-state index in [-0.39, 0.29) is 0 Å². The van der Waals surface area contributed by atoms with Crippen LogP contribution in [0.2, 0.25) is 0 Å². The first-order valence-electron chi connectivity index (χ1n) is 20.7. The summed E-state index contributed by atoms with van der Waals surface area (Å²) >= 11 is 0. The maximum atomic E-state index is 2.46. The number of hydrogen-bond acceptors (Lipinski definition) is 2. The summed E-state index contributed by atoms with van der Waals surface area (Å²) in [6.07, 6.45) is 0. The molecule has 0 unspecified atom stereocenters. The van der Waals surface area contributed by atoms with Crippen LogP contribution in [0.15, 0.2) is 218 Å². The van der Waals surface area contributed by atoms with Gasteiger partial charge in [-0.15, -0.1) is 0 Å². The van der Waals surface area contributed by atoms with E-state index in [9.17, 15) is 0 Å². The number of nitrogens with zero attached hydrogens (tertiary/aromatic N) is 3. The van der Waals surface area contributed by atoms with Gasteiger partial charge < -0.3 is 14.4 Å². The molecule has 0 saturated carbocycles. The molecular weight excluding hydrogens is 727 g/mol. The fraction of sp³-hybridized carbons (Fsp3) is 0.0526. The van der Waals surface area contributed by atoms with Crippen molar-refractivity contribution in [3.63, 3.8) is 0 Å². The van der Waals surface area contributed by atoms with Crippen LogP contribution in [-0.2, 0) is 0 Å². The van der Waals surface area contributed by atoms with Crippen LogP contribution < -0.4 is 9.80 Å². The maximum absolute atomic E-state index is 2.46. The molecule has 3 heteroatoms. The second-order valence-electron chi connectivity index (χ2n) is 15.6. The molecule has 288 valence electrons. The lowest BCUT2D eigenvalue weighted by molar-refractivity contribution is 1.18. The Balaban J connectivity index is 1.25. The standard InChI is InChI=1S/C57H45N3/c1-40-28-32-48(33-29-40)59(46-22-12-6-13-23-46)49-34-30-41(2)52(38-49)43-36-54-51-26-16-17-27-56(51)60(47-24-14-7-15-25-47)57(54)55(37-43)53-39-50(35-31-42(53)3)58(44-18-8-4-9-19-44)45-20-10-5-11-21-45/h4-39H,1-3H3. The summed E-state index contributed by atoms with van der Waals surface area (Å²) in [6.45, 7) is 6.62. The highest BCUT2D eigenvalue weighted by Gasteiger charge is 2.22. The zero-order valence-corrected chi connectivity index (χ0v) is 34.1. The van der Waals surface area contributed by atoms with Crippen molar-refractivity contribution in [2.75, 3.05) is 9.80 Å². The molecule has 1 aromatic heterocycles. The van der Waals surface area contributed by atoms with Crippen LogP contribution in [0.1, 0.15) is 16.7 Å². The Morgan fingerprint density at radius 3 is 1.35 bits per heavy atom. The Bertz CT molecular complexity index is 3060. The molecule has 10 aromatic rings. The molecule has 1 heterocycles. The third-order valence-corrected chi connectivity index (χ3v) is 11.7. The predicted octanol–water partition coefficient (Wildman–Crippen LogP) is 16.0. The molecule has 0 atom stereocenters. The summed E-state index contributed by atoms with van der Waals surface area (Å²) in [5, 5.41) is 2.45. The first-order chi connectivity index (χ1) is 29.5. The Kier molecular flexibility index (Phi) is 9.55. The molecular formula is C57H45N3. The highest BCUT2D eigenvalue weighted by atomic mass is 15.1. The van der Waals surface area contributed by atoms with E-state index >= 15 is 0 Å². The van der Waals surface area contributed by atoms with Gasteiger partial charge in [0.2, 0.25) is 0 Å². The van der Waals surface area contributed by atoms with Crippen molar-refractivity contribution >= 4 is 55.9 Å². The van der Waals surface area contributed by atoms with E-state index in [1.54, 1.807) is 0 Å². The quantitative estimate of drug-likeness (QED) is 0.145. The van der Waals surface area contributed by atoms with Crippen LogP contribution in [-0.4, -0.2) is 4.57 Å². The molecule has 0 radical (unpaired) electrons. The Morgan fingerprint density at radius 1 is 0.333 bits per heavy atom. The minimum absolute atomic E-state index is 1.10. The van der Waals surface area contributed by atoms with E-state index in [0.717, 1.165) is 39.8 Å². The van der Waals surface area contributed by atoms with Gasteiger partial charge in [-0.3, -0.25) is 0 Å². The van der Waals surface area contributed by atoms with Gasteiger partial charge in [0.25, 0.3) is 0 Å². The van der Waals surface area contributed by atoms with E-state index in [4.69, 9.17) is 0 Å².